The van der Waals surface area contributed by atoms with Gasteiger partial charge in [-0.05, 0) is 25.2 Å². The number of nitrogens with zero attached hydrogens (tertiary/aromatic N) is 2. The summed E-state index contributed by atoms with van der Waals surface area (Å²) in [4.78, 5) is 0.836. The van der Waals surface area contributed by atoms with E-state index in [-0.39, 0.29) is 17.0 Å². The van der Waals surface area contributed by atoms with Crippen LogP contribution in [0.4, 0.5) is 13.2 Å². The van der Waals surface area contributed by atoms with Crippen LogP contribution in [0.25, 0.3) is 0 Å². The molecule has 0 atom stereocenters. The lowest BCUT2D eigenvalue weighted by Crippen LogP contribution is -2.34. The molecule has 4 nitrogen and oxygen atoms in total. The molecule has 0 heterocycles. The van der Waals surface area contributed by atoms with Crippen LogP contribution in [0.15, 0.2) is 29.2 Å². The molecule has 0 radical (unpaired) electrons. The van der Waals surface area contributed by atoms with Crippen molar-refractivity contribution in [1.29, 1.82) is 5.26 Å². The fourth-order valence-electron chi connectivity index (χ4n) is 1.54. The van der Waals surface area contributed by atoms with Crippen molar-refractivity contribution >= 4 is 9.84 Å². The Kier molecular flexibility index (Phi) is 5.14. The summed E-state index contributed by atoms with van der Waals surface area (Å²) >= 11 is 0. The molecular weight excluding hydrogens is 293 g/mol. The topological polar surface area (TPSA) is 61.2 Å². The minimum Gasteiger partial charge on any atom is -0.297 e. The van der Waals surface area contributed by atoms with Gasteiger partial charge in [-0.1, -0.05) is 6.07 Å². The van der Waals surface area contributed by atoms with Gasteiger partial charge in [-0.3, -0.25) is 4.90 Å². The summed E-state index contributed by atoms with van der Waals surface area (Å²) in [7, 11) is -2.50. The van der Waals surface area contributed by atoms with Crippen LogP contribution in [0.1, 0.15) is 5.56 Å². The summed E-state index contributed by atoms with van der Waals surface area (Å²) in [6.07, 6.45) is -4.36. The Morgan fingerprint density at radius 1 is 1.35 bits per heavy atom. The third kappa shape index (κ3) is 5.19. The van der Waals surface area contributed by atoms with Crippen molar-refractivity contribution in [1.82, 2.24) is 4.90 Å². The van der Waals surface area contributed by atoms with E-state index >= 15 is 0 Å². The van der Waals surface area contributed by atoms with Gasteiger partial charge in [0.05, 0.1) is 28.8 Å². The Morgan fingerprint density at radius 2 is 2.00 bits per heavy atom. The van der Waals surface area contributed by atoms with Crippen LogP contribution < -0.4 is 0 Å². The molecule has 0 amide bonds. The van der Waals surface area contributed by atoms with Crippen molar-refractivity contribution in [2.45, 2.75) is 11.1 Å². The Balaban J connectivity index is 2.73. The fourth-order valence-corrected chi connectivity index (χ4v) is 2.92. The number of halogens is 3. The van der Waals surface area contributed by atoms with Gasteiger partial charge < -0.3 is 0 Å². The van der Waals surface area contributed by atoms with Gasteiger partial charge in [-0.25, -0.2) is 8.42 Å². The van der Waals surface area contributed by atoms with E-state index in [9.17, 15) is 21.6 Å². The maximum atomic E-state index is 12.1. The zero-order chi connectivity index (χ0) is 15.4. The summed E-state index contributed by atoms with van der Waals surface area (Å²) in [6, 6.07) is 7.21. The van der Waals surface area contributed by atoms with E-state index in [1.807, 2.05) is 6.07 Å². The second-order valence-electron chi connectivity index (χ2n) is 4.31. The molecule has 0 unspecified atom stereocenters. The highest BCUT2D eigenvalue weighted by Crippen LogP contribution is 2.17. The molecule has 110 valence electrons. The number of sulfone groups is 1. The van der Waals surface area contributed by atoms with Gasteiger partial charge in [-0.2, -0.15) is 18.4 Å². The van der Waals surface area contributed by atoms with Crippen LogP contribution >= 0.6 is 0 Å². The van der Waals surface area contributed by atoms with Gasteiger partial charge in [0.2, 0.25) is 0 Å². The summed E-state index contributed by atoms with van der Waals surface area (Å²) in [5.74, 6) is -0.436. The smallest absolute Gasteiger partial charge is 0.297 e. The van der Waals surface area contributed by atoms with E-state index < -0.39 is 28.3 Å². The van der Waals surface area contributed by atoms with Crippen LogP contribution in [-0.4, -0.2) is 45.4 Å². The highest BCUT2D eigenvalue weighted by molar-refractivity contribution is 7.91. The molecule has 1 aromatic rings. The highest BCUT2D eigenvalue weighted by atomic mass is 32.2. The molecule has 8 heteroatoms. The number of hydrogen-bond acceptors (Lipinski definition) is 4. The van der Waals surface area contributed by atoms with Crippen molar-refractivity contribution in [3.05, 3.63) is 29.8 Å². The van der Waals surface area contributed by atoms with Crippen molar-refractivity contribution in [3.63, 3.8) is 0 Å². The molecule has 1 rings (SSSR count). The Labute approximate surface area is 115 Å². The van der Waals surface area contributed by atoms with Crippen molar-refractivity contribution in [2.24, 2.45) is 0 Å². The summed E-state index contributed by atoms with van der Waals surface area (Å²) in [5.41, 5.74) is 0.190. The van der Waals surface area contributed by atoms with Crippen molar-refractivity contribution in [3.8, 4) is 6.07 Å². The van der Waals surface area contributed by atoms with Gasteiger partial charge in [0.25, 0.3) is 0 Å². The number of nitriles is 1. The third-order valence-electron chi connectivity index (χ3n) is 2.51. The summed E-state index contributed by atoms with van der Waals surface area (Å²) in [6.45, 7) is -1.40. The largest absolute Gasteiger partial charge is 0.401 e. The van der Waals surface area contributed by atoms with Crippen LogP contribution in [0.5, 0.6) is 0 Å². The third-order valence-corrected chi connectivity index (χ3v) is 4.21. The van der Waals surface area contributed by atoms with E-state index in [1.165, 1.54) is 31.3 Å². The molecule has 0 aliphatic carbocycles. The molecular formula is C12H13F3N2O2S. The van der Waals surface area contributed by atoms with Crippen LogP contribution in [-0.2, 0) is 9.84 Å². The zero-order valence-corrected chi connectivity index (χ0v) is 11.5. The normalized spacial score (nSPS) is 12.4. The molecule has 0 saturated carbocycles. The molecule has 0 bridgehead atoms. The monoisotopic (exact) mass is 306 g/mol. The zero-order valence-electron chi connectivity index (χ0n) is 10.7. The first-order chi connectivity index (χ1) is 9.14. The maximum absolute atomic E-state index is 12.1. The molecule has 0 aliphatic heterocycles. The number of hydrogen-bond donors (Lipinski definition) is 0. The first kappa shape index (κ1) is 16.5. The maximum Gasteiger partial charge on any atom is 0.401 e. The lowest BCUT2D eigenvalue weighted by molar-refractivity contribution is -0.142. The van der Waals surface area contributed by atoms with E-state index in [0.717, 1.165) is 4.90 Å². The Morgan fingerprint density at radius 3 is 2.55 bits per heavy atom. The molecule has 1 aromatic carbocycles. The summed E-state index contributed by atoms with van der Waals surface area (Å²) in [5, 5.41) is 8.70. The molecule has 20 heavy (non-hydrogen) atoms. The standard InChI is InChI=1S/C12H13F3N2O2S/c1-17(9-12(13,14)15)5-6-20(18,19)11-4-2-3-10(7-11)8-16/h2-4,7H,5-6,9H2,1H3. The van der Waals surface area contributed by atoms with Gasteiger partial charge in [0.1, 0.15) is 0 Å². The summed E-state index contributed by atoms with van der Waals surface area (Å²) < 4.78 is 60.3. The van der Waals surface area contributed by atoms with Crippen molar-refractivity contribution < 1.29 is 21.6 Å². The lowest BCUT2D eigenvalue weighted by atomic mass is 10.2. The molecule has 0 fully saturated rings. The average molecular weight is 306 g/mol. The van der Waals surface area contributed by atoms with Crippen LogP contribution in [0.2, 0.25) is 0 Å². The number of alkyl halides is 3. The van der Waals surface area contributed by atoms with Crippen molar-refractivity contribution in [2.75, 3.05) is 25.9 Å². The van der Waals surface area contributed by atoms with Gasteiger partial charge >= 0.3 is 6.18 Å². The predicted molar refractivity (Wildman–Crippen MR) is 66.8 cm³/mol. The highest BCUT2D eigenvalue weighted by Gasteiger charge is 2.29. The molecule has 0 aromatic heterocycles. The molecule has 0 N–H and O–H groups in total. The number of benzene rings is 1. The minimum atomic E-state index is -4.36. The SMILES string of the molecule is CN(CCS(=O)(=O)c1cccc(C#N)c1)CC(F)(F)F. The number of rotatable bonds is 5. The minimum absolute atomic E-state index is 0.0584. The molecule has 0 saturated heterocycles. The quantitative estimate of drug-likeness (QED) is 0.832. The second-order valence-corrected chi connectivity index (χ2v) is 6.42. The van der Waals surface area contributed by atoms with E-state index in [1.54, 1.807) is 0 Å². The Bertz CT molecular complexity index is 606. The first-order valence-electron chi connectivity index (χ1n) is 5.62. The van der Waals surface area contributed by atoms with Gasteiger partial charge in [0.15, 0.2) is 9.84 Å². The van der Waals surface area contributed by atoms with E-state index in [4.69, 9.17) is 5.26 Å². The average Bonchev–Trinajstić information content (AvgIpc) is 2.35. The van der Waals surface area contributed by atoms with E-state index in [2.05, 4.69) is 0 Å². The van der Waals surface area contributed by atoms with Crippen LogP contribution in [0, 0.1) is 11.3 Å². The lowest BCUT2D eigenvalue weighted by Gasteiger charge is -2.18. The fraction of sp³-hybridized carbons (Fsp3) is 0.417. The predicted octanol–water partition coefficient (Wildman–Crippen LogP) is 1.83. The van der Waals surface area contributed by atoms with Gasteiger partial charge in [0, 0.05) is 6.54 Å². The molecule has 0 aliphatic rings. The van der Waals surface area contributed by atoms with E-state index in [0.29, 0.717) is 0 Å². The Hall–Kier alpha value is -1.59. The first-order valence-corrected chi connectivity index (χ1v) is 7.27. The van der Waals surface area contributed by atoms with Crippen LogP contribution in [0.3, 0.4) is 0 Å². The second kappa shape index (κ2) is 6.24. The van der Waals surface area contributed by atoms with Gasteiger partial charge in [-0.15, -0.1) is 0 Å². The molecule has 0 spiro atoms.